The summed E-state index contributed by atoms with van der Waals surface area (Å²) in [5, 5.41) is 13.4. The van der Waals surface area contributed by atoms with Crippen molar-refractivity contribution in [3.8, 4) is 0 Å². The maximum absolute atomic E-state index is 15.1. The molecule has 3 amide bonds. The quantitative estimate of drug-likeness (QED) is 0.303. The molecule has 4 aliphatic rings. The van der Waals surface area contributed by atoms with E-state index in [2.05, 4.69) is 40.0 Å². The summed E-state index contributed by atoms with van der Waals surface area (Å²) in [5.74, 6) is -3.85. The summed E-state index contributed by atoms with van der Waals surface area (Å²) in [6.07, 6.45) is 4.81. The number of ether oxygens (including phenoxy) is 2. The first-order valence-electron chi connectivity index (χ1n) is 17.5. The lowest BCUT2D eigenvalue weighted by atomic mass is 9.74. The van der Waals surface area contributed by atoms with Gasteiger partial charge in [-0.1, -0.05) is 65.3 Å². The standard InChI is InChI=1S/C38H45BrN4O7/c1-4-25(23-44)43-34-36(47)42(27-18-16-26(17-19-27)41(5-2)6-3)20-12-8-11-15-30(45)40-22-29(24-13-9-7-10-14-24)49-37(48)31-32(35(43)46)38(34)21-28(39)33(31)50-38/h7-10,12-14,16-19,21,25,29,31-34,44H,4-6,11,15,20,22-23H2,1-3H3,(H,40,45)/b12-8-/t25-,29+,31+,32-,33+,34+,38-/m0/s1. The van der Waals surface area contributed by atoms with Crippen molar-refractivity contribution in [2.45, 2.75) is 69.9 Å². The lowest BCUT2D eigenvalue weighted by Crippen LogP contribution is -2.58. The number of likely N-dealkylation sites (tertiary alicyclic amines) is 1. The molecule has 2 aromatic rings. The second-order valence-corrected chi connectivity index (χ2v) is 14.0. The zero-order valence-electron chi connectivity index (χ0n) is 28.7. The van der Waals surface area contributed by atoms with E-state index in [4.69, 9.17) is 9.47 Å². The second-order valence-electron chi connectivity index (χ2n) is 13.1. The van der Waals surface area contributed by atoms with Gasteiger partial charge in [0.25, 0.3) is 5.91 Å². The molecule has 0 aliphatic carbocycles. The Morgan fingerprint density at radius 3 is 2.38 bits per heavy atom. The molecule has 2 fully saturated rings. The van der Waals surface area contributed by atoms with Crippen molar-refractivity contribution in [3.05, 3.63) is 82.9 Å². The molecule has 1 spiro atoms. The Hall–Kier alpha value is -4.00. The largest absolute Gasteiger partial charge is 0.455 e. The smallest absolute Gasteiger partial charge is 0.313 e. The third-order valence-corrected chi connectivity index (χ3v) is 11.1. The van der Waals surface area contributed by atoms with E-state index < -0.39 is 59.5 Å². The zero-order chi connectivity index (χ0) is 35.6. The summed E-state index contributed by atoms with van der Waals surface area (Å²) in [4.78, 5) is 62.2. The molecule has 12 heteroatoms. The normalized spacial score (nSPS) is 29.7. The Morgan fingerprint density at radius 1 is 1.00 bits per heavy atom. The highest BCUT2D eigenvalue weighted by molar-refractivity contribution is 9.11. The van der Waals surface area contributed by atoms with Crippen LogP contribution in [0.5, 0.6) is 0 Å². The number of rotatable bonds is 8. The number of hydrogen-bond acceptors (Lipinski definition) is 8. The molecule has 0 radical (unpaired) electrons. The van der Waals surface area contributed by atoms with Crippen LogP contribution in [0.4, 0.5) is 11.4 Å². The average molecular weight is 750 g/mol. The van der Waals surface area contributed by atoms with Crippen molar-refractivity contribution in [2.24, 2.45) is 11.8 Å². The van der Waals surface area contributed by atoms with Gasteiger partial charge in [-0.2, -0.15) is 0 Å². The Labute approximate surface area is 301 Å². The lowest BCUT2D eigenvalue weighted by molar-refractivity contribution is -0.160. The average Bonchev–Trinajstić information content (AvgIpc) is 3.72. The molecule has 4 heterocycles. The molecule has 2 saturated heterocycles. The molecule has 4 aliphatic heterocycles. The Bertz CT molecular complexity index is 1640. The van der Waals surface area contributed by atoms with Crippen molar-refractivity contribution in [1.82, 2.24) is 10.2 Å². The van der Waals surface area contributed by atoms with Gasteiger partial charge in [0, 0.05) is 41.9 Å². The Balaban J connectivity index is 1.46. The van der Waals surface area contributed by atoms with E-state index in [0.29, 0.717) is 28.6 Å². The SMILES string of the molecule is CC[C@@H](CO)N1C(=O)[C@@H]2[C@H]3C(=O)O[C@@H](c4ccccc4)CNC(=O)CC/C=C\CN(c4ccc(N(CC)CC)cc4)C(=O)[C@@H]1[C@]21C=C(Br)[C@H]3O1. The molecule has 266 valence electrons. The fraction of sp³-hybridized carbons (Fsp3) is 0.474. The number of aliphatic hydroxyl groups excluding tert-OH is 1. The highest BCUT2D eigenvalue weighted by atomic mass is 79.9. The number of allylic oxidation sites excluding steroid dienone is 1. The molecule has 6 rings (SSSR count). The topological polar surface area (TPSA) is 129 Å². The van der Waals surface area contributed by atoms with Crippen LogP contribution in [0.15, 0.2) is 77.3 Å². The molecule has 50 heavy (non-hydrogen) atoms. The number of aliphatic hydroxyl groups is 1. The molecule has 5 bridgehead atoms. The summed E-state index contributed by atoms with van der Waals surface area (Å²) in [6, 6.07) is 15.0. The third-order valence-electron chi connectivity index (χ3n) is 10.4. The number of amides is 3. The van der Waals surface area contributed by atoms with E-state index in [-0.39, 0.29) is 32.0 Å². The number of carbonyl (C=O) groups is 4. The van der Waals surface area contributed by atoms with Crippen LogP contribution in [0, 0.1) is 11.8 Å². The number of anilines is 2. The van der Waals surface area contributed by atoms with Crippen molar-refractivity contribution in [1.29, 1.82) is 0 Å². The van der Waals surface area contributed by atoms with Gasteiger partial charge in [0.2, 0.25) is 11.8 Å². The number of nitrogens with one attached hydrogen (secondary N) is 1. The molecule has 0 unspecified atom stereocenters. The van der Waals surface area contributed by atoms with E-state index >= 15 is 4.79 Å². The summed E-state index contributed by atoms with van der Waals surface area (Å²) >= 11 is 3.60. The monoisotopic (exact) mass is 748 g/mol. The molecule has 7 atom stereocenters. The maximum Gasteiger partial charge on any atom is 0.313 e. The predicted octanol–water partition coefficient (Wildman–Crippen LogP) is 4.26. The number of nitrogens with zero attached hydrogens (tertiary/aromatic N) is 3. The van der Waals surface area contributed by atoms with Crippen LogP contribution in [0.25, 0.3) is 0 Å². The minimum absolute atomic E-state index is 0.0459. The van der Waals surface area contributed by atoms with E-state index in [9.17, 15) is 19.5 Å². The Morgan fingerprint density at radius 2 is 1.72 bits per heavy atom. The fourth-order valence-corrected chi connectivity index (χ4v) is 8.57. The second kappa shape index (κ2) is 15.1. The minimum atomic E-state index is -1.49. The van der Waals surface area contributed by atoms with Crippen LogP contribution in [-0.2, 0) is 28.7 Å². The molecule has 2 N–H and O–H groups in total. The van der Waals surface area contributed by atoms with Crippen LogP contribution < -0.4 is 15.1 Å². The number of halogens is 1. The van der Waals surface area contributed by atoms with E-state index in [1.54, 1.807) is 11.0 Å². The number of esters is 1. The van der Waals surface area contributed by atoms with Gasteiger partial charge in [-0.25, -0.2) is 0 Å². The van der Waals surface area contributed by atoms with Crippen molar-refractivity contribution >= 4 is 51.0 Å². The van der Waals surface area contributed by atoms with Crippen molar-refractivity contribution in [2.75, 3.05) is 42.6 Å². The van der Waals surface area contributed by atoms with Crippen LogP contribution in [0.1, 0.15) is 51.7 Å². The number of cyclic esters (lactones) is 1. The van der Waals surface area contributed by atoms with Crippen molar-refractivity contribution < 1.29 is 33.8 Å². The zero-order valence-corrected chi connectivity index (χ0v) is 30.3. The van der Waals surface area contributed by atoms with E-state index in [1.165, 1.54) is 4.90 Å². The molecule has 0 aromatic heterocycles. The first kappa shape index (κ1) is 35.8. The van der Waals surface area contributed by atoms with Gasteiger partial charge in [0.05, 0.1) is 25.1 Å². The highest BCUT2D eigenvalue weighted by Crippen LogP contribution is 2.59. The Kier molecular flexibility index (Phi) is 10.8. The fourth-order valence-electron chi connectivity index (χ4n) is 7.84. The van der Waals surface area contributed by atoms with Gasteiger partial charge >= 0.3 is 5.97 Å². The predicted molar refractivity (Wildman–Crippen MR) is 192 cm³/mol. The first-order valence-corrected chi connectivity index (χ1v) is 18.3. The molecule has 0 saturated carbocycles. The molecule has 11 nitrogen and oxygen atoms in total. The summed E-state index contributed by atoms with van der Waals surface area (Å²) in [6.45, 7) is 7.51. The number of carbonyl (C=O) groups excluding carboxylic acids is 4. The van der Waals surface area contributed by atoms with Crippen LogP contribution in [0.2, 0.25) is 0 Å². The molecular formula is C38H45BrN4O7. The van der Waals surface area contributed by atoms with Crippen LogP contribution >= 0.6 is 15.9 Å². The number of benzene rings is 2. The van der Waals surface area contributed by atoms with Crippen LogP contribution in [0.3, 0.4) is 0 Å². The minimum Gasteiger partial charge on any atom is -0.455 e. The van der Waals surface area contributed by atoms with Gasteiger partial charge < -0.3 is 34.6 Å². The molecular weight excluding hydrogens is 704 g/mol. The maximum atomic E-state index is 15.1. The number of hydrogen-bond donors (Lipinski definition) is 2. The third kappa shape index (κ3) is 6.37. The van der Waals surface area contributed by atoms with Gasteiger partial charge in [0.1, 0.15) is 29.8 Å². The lowest BCUT2D eigenvalue weighted by Gasteiger charge is -2.38. The van der Waals surface area contributed by atoms with Gasteiger partial charge in [0.15, 0.2) is 0 Å². The summed E-state index contributed by atoms with van der Waals surface area (Å²) in [7, 11) is 0. The van der Waals surface area contributed by atoms with Gasteiger partial charge in [-0.05, 0) is 62.6 Å². The molecule has 2 aromatic carbocycles. The number of fused-ring (bicyclic) bond motifs is 2. The summed E-state index contributed by atoms with van der Waals surface area (Å²) < 4.78 is 13.3. The summed E-state index contributed by atoms with van der Waals surface area (Å²) in [5.41, 5.74) is 0.833. The van der Waals surface area contributed by atoms with Gasteiger partial charge in [-0.15, -0.1) is 0 Å². The van der Waals surface area contributed by atoms with E-state index in [0.717, 1.165) is 18.8 Å². The van der Waals surface area contributed by atoms with E-state index in [1.807, 2.05) is 73.7 Å². The first-order chi connectivity index (χ1) is 24.2. The van der Waals surface area contributed by atoms with Gasteiger partial charge in [-0.3, -0.25) is 19.2 Å². The van der Waals surface area contributed by atoms with Crippen LogP contribution in [-0.4, -0.2) is 90.3 Å². The van der Waals surface area contributed by atoms with Crippen molar-refractivity contribution in [3.63, 3.8) is 0 Å². The highest BCUT2D eigenvalue weighted by Gasteiger charge is 2.75.